The van der Waals surface area contributed by atoms with Gasteiger partial charge < -0.3 is 29.5 Å². The van der Waals surface area contributed by atoms with Gasteiger partial charge in [-0.15, -0.1) is 0 Å². The maximum atomic E-state index is 13.9. The Bertz CT molecular complexity index is 1340. The number of hydrogen-bond acceptors (Lipinski definition) is 9. The lowest BCUT2D eigenvalue weighted by Crippen LogP contribution is -2.42. The van der Waals surface area contributed by atoms with Crippen molar-refractivity contribution in [3.63, 3.8) is 0 Å². The van der Waals surface area contributed by atoms with E-state index in [1.165, 1.54) is 0 Å². The number of aliphatic hydroxyl groups is 1. The van der Waals surface area contributed by atoms with E-state index >= 15 is 0 Å². The number of ether oxygens (including phenoxy) is 3. The molecule has 3 unspecified atom stereocenters. The summed E-state index contributed by atoms with van der Waals surface area (Å²) in [4.78, 5) is 14.0. The summed E-state index contributed by atoms with van der Waals surface area (Å²) in [5.74, 6) is -0.990. The van der Waals surface area contributed by atoms with Gasteiger partial charge in [-0.25, -0.2) is 13.2 Å². The van der Waals surface area contributed by atoms with Crippen molar-refractivity contribution in [2.24, 2.45) is 5.41 Å². The molecule has 3 atom stereocenters. The van der Waals surface area contributed by atoms with E-state index in [-0.39, 0.29) is 19.0 Å². The minimum absolute atomic E-state index is 0.0702. The van der Waals surface area contributed by atoms with E-state index in [1.54, 1.807) is 6.07 Å². The lowest BCUT2D eigenvalue weighted by molar-refractivity contribution is -0.160. The molecule has 2 aromatic rings. The highest BCUT2D eigenvalue weighted by atomic mass is 32.2. The van der Waals surface area contributed by atoms with Crippen molar-refractivity contribution < 1.29 is 32.5 Å². The number of esters is 1. The minimum Gasteiger partial charge on any atom is -0.458 e. The number of rotatable bonds is 15. The van der Waals surface area contributed by atoms with Gasteiger partial charge in [0.2, 0.25) is 0 Å². The van der Waals surface area contributed by atoms with Crippen LogP contribution in [0.1, 0.15) is 77.3 Å². The van der Waals surface area contributed by atoms with Crippen molar-refractivity contribution in [2.45, 2.75) is 82.8 Å². The van der Waals surface area contributed by atoms with Gasteiger partial charge in [-0.05, 0) is 75.1 Å². The average Bonchev–Trinajstić information content (AvgIpc) is 3.02. The van der Waals surface area contributed by atoms with Crippen molar-refractivity contribution >= 4 is 27.2 Å². The van der Waals surface area contributed by atoms with Crippen LogP contribution in [0, 0.1) is 5.41 Å². The van der Waals surface area contributed by atoms with E-state index in [9.17, 15) is 18.3 Å². The molecule has 246 valence electrons. The normalized spacial score (nSPS) is 21.3. The van der Waals surface area contributed by atoms with Crippen LogP contribution in [-0.2, 0) is 28.8 Å². The van der Waals surface area contributed by atoms with Crippen molar-refractivity contribution in [3.8, 4) is 0 Å². The fourth-order valence-electron chi connectivity index (χ4n) is 5.86. The molecule has 0 amide bonds. The lowest BCUT2D eigenvalue weighted by Gasteiger charge is -2.39. The van der Waals surface area contributed by atoms with E-state index in [0.717, 1.165) is 29.8 Å². The summed E-state index contributed by atoms with van der Waals surface area (Å²) in [6.07, 6.45) is 2.10. The van der Waals surface area contributed by atoms with Gasteiger partial charge in [0.05, 0.1) is 36.6 Å². The highest BCUT2D eigenvalue weighted by Crippen LogP contribution is 2.49. The van der Waals surface area contributed by atoms with Crippen molar-refractivity contribution in [3.05, 3.63) is 53.6 Å². The molecule has 3 rings (SSSR count). The van der Waals surface area contributed by atoms with E-state index in [2.05, 4.69) is 12.2 Å². The Kier molecular flexibility index (Phi) is 12.7. The quantitative estimate of drug-likeness (QED) is 0.197. The van der Waals surface area contributed by atoms with Crippen LogP contribution < -0.4 is 10.2 Å². The molecule has 2 N–H and O–H groups in total. The van der Waals surface area contributed by atoms with Crippen LogP contribution in [0.5, 0.6) is 0 Å². The summed E-state index contributed by atoms with van der Waals surface area (Å²) in [5.41, 5.74) is 1.94. The topological polar surface area (TPSA) is 114 Å². The number of unbranched alkanes of at least 4 members (excludes halogenated alkanes) is 1. The Morgan fingerprint density at radius 3 is 2.45 bits per heavy atom. The third-order valence-corrected chi connectivity index (χ3v) is 10.2. The zero-order chi connectivity index (χ0) is 32.5. The van der Waals surface area contributed by atoms with Crippen LogP contribution in [0.3, 0.4) is 0 Å². The fraction of sp³-hybridized carbons (Fsp3) is 0.618. The molecule has 2 aromatic carbocycles. The lowest BCUT2D eigenvalue weighted by atomic mass is 9.69. The van der Waals surface area contributed by atoms with Crippen molar-refractivity contribution in [2.75, 3.05) is 63.0 Å². The molecular weight excluding hydrogens is 580 g/mol. The predicted molar refractivity (Wildman–Crippen MR) is 175 cm³/mol. The first-order valence-electron chi connectivity index (χ1n) is 15.7. The van der Waals surface area contributed by atoms with Crippen LogP contribution >= 0.6 is 0 Å². The second-order valence-corrected chi connectivity index (χ2v) is 14.9. The zero-order valence-electron chi connectivity index (χ0n) is 27.5. The number of sulfone groups is 1. The number of aliphatic hydroxyl groups excluding tert-OH is 1. The Labute approximate surface area is 264 Å². The van der Waals surface area contributed by atoms with Gasteiger partial charge in [0, 0.05) is 43.3 Å². The fourth-order valence-corrected chi connectivity index (χ4v) is 8.11. The second kappa shape index (κ2) is 15.6. The number of carbonyl (C=O) groups excluding carboxylic acids is 1. The number of anilines is 2. The number of hydrogen-bond donors (Lipinski definition) is 2. The third-order valence-electron chi connectivity index (χ3n) is 8.17. The second-order valence-electron chi connectivity index (χ2n) is 12.9. The summed E-state index contributed by atoms with van der Waals surface area (Å²) < 4.78 is 44.0. The van der Waals surface area contributed by atoms with Gasteiger partial charge in [0.25, 0.3) is 0 Å². The Morgan fingerprint density at radius 2 is 1.80 bits per heavy atom. The molecule has 9 nitrogen and oxygen atoms in total. The maximum Gasteiger partial charge on any atom is 0.332 e. The summed E-state index contributed by atoms with van der Waals surface area (Å²) in [6.45, 7) is 11.0. The van der Waals surface area contributed by atoms with Gasteiger partial charge in [0.15, 0.2) is 9.84 Å². The van der Waals surface area contributed by atoms with E-state index < -0.39 is 38.8 Å². The van der Waals surface area contributed by atoms with Crippen LogP contribution in [-0.4, -0.2) is 84.0 Å². The SMILES string of the molecule is CCCCC1(CC)CS(=O)(=O)c2ccc(N(C)C)cc2C(c2cccc(NCCOCCOCC(=O)OC(C)(C)C)c2)C1O. The molecule has 1 aliphatic heterocycles. The largest absolute Gasteiger partial charge is 0.458 e. The van der Waals surface area contributed by atoms with Crippen molar-refractivity contribution in [1.82, 2.24) is 0 Å². The van der Waals surface area contributed by atoms with Gasteiger partial charge >= 0.3 is 5.97 Å². The molecule has 0 bridgehead atoms. The minimum atomic E-state index is -3.64. The maximum absolute atomic E-state index is 13.9. The highest BCUT2D eigenvalue weighted by Gasteiger charge is 2.49. The first-order valence-corrected chi connectivity index (χ1v) is 17.3. The third kappa shape index (κ3) is 9.42. The Hall–Kier alpha value is -2.66. The monoisotopic (exact) mass is 632 g/mol. The zero-order valence-corrected chi connectivity index (χ0v) is 28.3. The highest BCUT2D eigenvalue weighted by molar-refractivity contribution is 7.91. The first kappa shape index (κ1) is 35.8. The molecule has 1 aliphatic rings. The predicted octanol–water partition coefficient (Wildman–Crippen LogP) is 5.41. The standard InChI is InChI=1S/C34H52N2O7S/c1-8-10-16-34(9-2)24-44(39,40)29-15-14-27(36(6)7)22-28(29)31(32(34)38)25-12-11-13-26(21-25)35-17-18-41-19-20-42-23-30(37)43-33(3,4)5/h11-15,21-22,31-32,35,38H,8-10,16-20,23-24H2,1-7H3. The van der Waals surface area contributed by atoms with Crippen LogP contribution in [0.4, 0.5) is 11.4 Å². The summed E-state index contributed by atoms with van der Waals surface area (Å²) >= 11 is 0. The number of carbonyl (C=O) groups is 1. The van der Waals surface area contributed by atoms with Crippen LogP contribution in [0.25, 0.3) is 0 Å². The summed E-state index contributed by atoms with van der Waals surface area (Å²) in [7, 11) is 0.211. The summed E-state index contributed by atoms with van der Waals surface area (Å²) in [6, 6.07) is 13.3. The number of benzene rings is 2. The number of nitrogens with one attached hydrogen (secondary N) is 1. The Morgan fingerprint density at radius 1 is 1.07 bits per heavy atom. The molecule has 0 aliphatic carbocycles. The molecule has 0 fully saturated rings. The molecular formula is C34H52N2O7S. The van der Waals surface area contributed by atoms with Crippen molar-refractivity contribution in [1.29, 1.82) is 0 Å². The molecule has 0 saturated heterocycles. The molecule has 1 heterocycles. The van der Waals surface area contributed by atoms with Gasteiger partial charge in [0.1, 0.15) is 12.2 Å². The smallest absolute Gasteiger partial charge is 0.332 e. The number of fused-ring (bicyclic) bond motifs is 1. The van der Waals surface area contributed by atoms with Crippen LogP contribution in [0.15, 0.2) is 47.4 Å². The van der Waals surface area contributed by atoms with Gasteiger partial charge in [-0.3, -0.25) is 0 Å². The Balaban J connectivity index is 1.77. The van der Waals surface area contributed by atoms with Crippen LogP contribution in [0.2, 0.25) is 0 Å². The van der Waals surface area contributed by atoms with E-state index in [1.807, 2.05) is 83.1 Å². The summed E-state index contributed by atoms with van der Waals surface area (Å²) in [5, 5.41) is 15.6. The molecule has 0 saturated carbocycles. The van der Waals surface area contributed by atoms with Gasteiger partial charge in [-0.2, -0.15) is 0 Å². The average molecular weight is 633 g/mol. The number of nitrogens with zero attached hydrogens (tertiary/aromatic N) is 1. The van der Waals surface area contributed by atoms with Gasteiger partial charge in [-0.1, -0.05) is 38.8 Å². The molecule has 0 spiro atoms. The molecule has 0 aromatic heterocycles. The molecule has 44 heavy (non-hydrogen) atoms. The first-order chi connectivity index (χ1) is 20.7. The van der Waals surface area contributed by atoms with E-state index in [4.69, 9.17) is 14.2 Å². The molecule has 10 heteroatoms. The van der Waals surface area contributed by atoms with E-state index in [0.29, 0.717) is 43.1 Å². The molecule has 0 radical (unpaired) electrons.